The summed E-state index contributed by atoms with van der Waals surface area (Å²) < 4.78 is 13.1. The van der Waals surface area contributed by atoms with Crippen molar-refractivity contribution in [3.05, 3.63) is 29.0 Å². The fourth-order valence-electron chi connectivity index (χ4n) is 2.50. The van der Waals surface area contributed by atoms with E-state index in [2.05, 4.69) is 4.90 Å². The molecule has 1 aliphatic rings. The Hall–Kier alpha value is -0.800. The number of hydrogen-bond donors (Lipinski definition) is 1. The van der Waals surface area contributed by atoms with Gasteiger partial charge >= 0.3 is 0 Å². The van der Waals surface area contributed by atoms with Crippen LogP contribution in [0.4, 0.5) is 10.1 Å². The number of halogens is 2. The van der Waals surface area contributed by atoms with E-state index in [1.165, 1.54) is 18.9 Å². The molecule has 1 aliphatic heterocycles. The number of benzene rings is 1. The molecule has 1 saturated heterocycles. The lowest BCUT2D eigenvalue weighted by Crippen LogP contribution is -2.40. The van der Waals surface area contributed by atoms with Crippen molar-refractivity contribution < 1.29 is 4.39 Å². The maximum atomic E-state index is 13.1. The Morgan fingerprint density at radius 1 is 1.41 bits per heavy atom. The van der Waals surface area contributed by atoms with E-state index in [1.807, 2.05) is 0 Å². The van der Waals surface area contributed by atoms with Crippen LogP contribution >= 0.6 is 11.6 Å². The van der Waals surface area contributed by atoms with Gasteiger partial charge in [-0.1, -0.05) is 11.6 Å². The summed E-state index contributed by atoms with van der Waals surface area (Å²) in [4.78, 5) is 2.31. The van der Waals surface area contributed by atoms with E-state index in [9.17, 15) is 4.39 Å². The smallest absolute Gasteiger partial charge is 0.141 e. The van der Waals surface area contributed by atoms with Crippen molar-refractivity contribution >= 4 is 17.3 Å². The summed E-state index contributed by atoms with van der Waals surface area (Å²) in [6, 6.07) is 5.42. The number of rotatable bonds is 3. The fourth-order valence-corrected chi connectivity index (χ4v) is 2.67. The highest BCUT2D eigenvalue weighted by Crippen LogP contribution is 2.29. The number of nitrogens with zero attached hydrogens (tertiary/aromatic N) is 1. The van der Waals surface area contributed by atoms with E-state index in [0.29, 0.717) is 12.6 Å². The number of piperidine rings is 1. The molecule has 0 bridgehead atoms. The largest absolute Gasteiger partial charge is 0.368 e. The minimum Gasteiger partial charge on any atom is -0.368 e. The molecule has 2 nitrogen and oxygen atoms in total. The lowest BCUT2D eigenvalue weighted by Gasteiger charge is -2.37. The summed E-state index contributed by atoms with van der Waals surface area (Å²) in [6.45, 7) is 1.70. The van der Waals surface area contributed by atoms with Gasteiger partial charge < -0.3 is 10.6 Å². The Morgan fingerprint density at radius 2 is 2.24 bits per heavy atom. The van der Waals surface area contributed by atoms with E-state index in [0.717, 1.165) is 25.1 Å². The lowest BCUT2D eigenvalue weighted by atomic mass is 9.98. The molecule has 4 heteroatoms. The first-order valence-electron chi connectivity index (χ1n) is 6.14. The Morgan fingerprint density at radius 3 is 2.94 bits per heavy atom. The first-order valence-corrected chi connectivity index (χ1v) is 6.52. The molecule has 17 heavy (non-hydrogen) atoms. The topological polar surface area (TPSA) is 29.3 Å². The molecule has 0 amide bonds. The summed E-state index contributed by atoms with van der Waals surface area (Å²) in [7, 11) is 0. The average Bonchev–Trinajstić information content (AvgIpc) is 2.34. The molecule has 1 aromatic carbocycles. The first-order chi connectivity index (χ1) is 8.22. The first kappa shape index (κ1) is 12.7. The Labute approximate surface area is 107 Å². The van der Waals surface area contributed by atoms with E-state index < -0.39 is 0 Å². The van der Waals surface area contributed by atoms with Crippen LogP contribution in [0.5, 0.6) is 0 Å². The third-order valence-corrected chi connectivity index (χ3v) is 3.65. The molecular formula is C13H18ClFN2. The normalized spacial score (nSPS) is 20.6. The SMILES string of the molecule is NCCC1CCCCN1c1ccc(F)c(Cl)c1. The monoisotopic (exact) mass is 256 g/mol. The van der Waals surface area contributed by atoms with Crippen LogP contribution in [-0.2, 0) is 0 Å². The van der Waals surface area contributed by atoms with Gasteiger partial charge in [0.1, 0.15) is 5.82 Å². The third kappa shape index (κ3) is 2.90. The summed E-state index contributed by atoms with van der Waals surface area (Å²) in [5.41, 5.74) is 6.65. The van der Waals surface area contributed by atoms with Gasteiger partial charge in [-0.25, -0.2) is 4.39 Å². The molecule has 1 atom stereocenters. The highest BCUT2D eigenvalue weighted by molar-refractivity contribution is 6.31. The molecule has 0 saturated carbocycles. The van der Waals surface area contributed by atoms with E-state index in [-0.39, 0.29) is 10.8 Å². The van der Waals surface area contributed by atoms with Gasteiger partial charge in [-0.05, 0) is 50.4 Å². The van der Waals surface area contributed by atoms with Crippen LogP contribution in [0.3, 0.4) is 0 Å². The van der Waals surface area contributed by atoms with Gasteiger partial charge in [-0.15, -0.1) is 0 Å². The summed E-state index contributed by atoms with van der Waals surface area (Å²) in [6.07, 6.45) is 4.56. The standard InChI is InChI=1S/C13H18ClFN2/c14-12-9-11(4-5-13(12)15)17-8-2-1-3-10(17)6-7-16/h4-5,9-10H,1-3,6-8,16H2. The van der Waals surface area contributed by atoms with E-state index >= 15 is 0 Å². The summed E-state index contributed by atoms with van der Waals surface area (Å²) in [5, 5.41) is 0.194. The number of hydrogen-bond acceptors (Lipinski definition) is 2. The minimum atomic E-state index is -0.359. The maximum Gasteiger partial charge on any atom is 0.141 e. The van der Waals surface area contributed by atoms with Crippen LogP contribution < -0.4 is 10.6 Å². The molecule has 1 fully saturated rings. The van der Waals surface area contributed by atoms with Crippen LogP contribution in [0.25, 0.3) is 0 Å². The second-order valence-corrected chi connectivity index (χ2v) is 4.93. The van der Waals surface area contributed by atoms with Crippen molar-refractivity contribution in [3.63, 3.8) is 0 Å². The van der Waals surface area contributed by atoms with Crippen molar-refractivity contribution in [2.45, 2.75) is 31.7 Å². The lowest BCUT2D eigenvalue weighted by molar-refractivity contribution is 0.441. The molecule has 1 heterocycles. The van der Waals surface area contributed by atoms with Crippen molar-refractivity contribution in [3.8, 4) is 0 Å². The zero-order chi connectivity index (χ0) is 12.3. The van der Waals surface area contributed by atoms with Crippen molar-refractivity contribution in [1.82, 2.24) is 0 Å². The highest BCUT2D eigenvalue weighted by atomic mass is 35.5. The molecule has 0 spiro atoms. The van der Waals surface area contributed by atoms with E-state index in [4.69, 9.17) is 17.3 Å². The van der Waals surface area contributed by atoms with Gasteiger partial charge in [-0.3, -0.25) is 0 Å². The highest BCUT2D eigenvalue weighted by Gasteiger charge is 2.22. The molecular weight excluding hydrogens is 239 g/mol. The van der Waals surface area contributed by atoms with Crippen LogP contribution in [0.2, 0.25) is 5.02 Å². The van der Waals surface area contributed by atoms with Gasteiger partial charge in [0.25, 0.3) is 0 Å². The molecule has 0 radical (unpaired) electrons. The van der Waals surface area contributed by atoms with Crippen LogP contribution in [-0.4, -0.2) is 19.1 Å². The molecule has 2 N–H and O–H groups in total. The third-order valence-electron chi connectivity index (χ3n) is 3.36. The van der Waals surface area contributed by atoms with Crippen LogP contribution in [0, 0.1) is 5.82 Å². The second-order valence-electron chi connectivity index (χ2n) is 4.52. The average molecular weight is 257 g/mol. The molecule has 2 rings (SSSR count). The molecule has 1 aromatic rings. The maximum absolute atomic E-state index is 13.1. The Kier molecular flexibility index (Phi) is 4.24. The Balaban J connectivity index is 2.20. The van der Waals surface area contributed by atoms with Gasteiger partial charge in [0, 0.05) is 18.3 Å². The van der Waals surface area contributed by atoms with Crippen molar-refractivity contribution in [1.29, 1.82) is 0 Å². The molecule has 1 unspecified atom stereocenters. The quantitative estimate of drug-likeness (QED) is 0.900. The molecule has 0 aliphatic carbocycles. The molecule has 94 valence electrons. The summed E-state index contributed by atoms with van der Waals surface area (Å²) in [5.74, 6) is -0.359. The zero-order valence-corrected chi connectivity index (χ0v) is 10.6. The minimum absolute atomic E-state index is 0.194. The predicted molar refractivity (Wildman–Crippen MR) is 70.1 cm³/mol. The van der Waals surface area contributed by atoms with Gasteiger partial charge in [0.15, 0.2) is 0 Å². The van der Waals surface area contributed by atoms with E-state index in [1.54, 1.807) is 12.1 Å². The zero-order valence-electron chi connectivity index (χ0n) is 9.83. The number of anilines is 1. The molecule has 0 aromatic heterocycles. The van der Waals surface area contributed by atoms with Crippen molar-refractivity contribution in [2.75, 3.05) is 18.0 Å². The van der Waals surface area contributed by atoms with Gasteiger partial charge in [0.05, 0.1) is 5.02 Å². The van der Waals surface area contributed by atoms with Gasteiger partial charge in [0.2, 0.25) is 0 Å². The predicted octanol–water partition coefficient (Wildman–Crippen LogP) is 3.19. The van der Waals surface area contributed by atoms with Crippen molar-refractivity contribution in [2.24, 2.45) is 5.73 Å². The number of nitrogens with two attached hydrogens (primary N) is 1. The fraction of sp³-hybridized carbons (Fsp3) is 0.538. The van der Waals surface area contributed by atoms with Crippen LogP contribution in [0.15, 0.2) is 18.2 Å². The van der Waals surface area contributed by atoms with Gasteiger partial charge in [-0.2, -0.15) is 0 Å². The second kappa shape index (κ2) is 5.69. The Bertz CT molecular complexity index is 382. The summed E-state index contributed by atoms with van der Waals surface area (Å²) >= 11 is 5.83. The van der Waals surface area contributed by atoms with Crippen LogP contribution in [0.1, 0.15) is 25.7 Å².